The zero-order valence-electron chi connectivity index (χ0n) is 11.9. The van der Waals surface area contributed by atoms with Crippen molar-refractivity contribution < 1.29 is 0 Å². The van der Waals surface area contributed by atoms with Crippen molar-refractivity contribution in [2.45, 2.75) is 23.6 Å². The molecule has 1 aromatic heterocycles. The average Bonchev–Trinajstić information content (AvgIpc) is 2.46. The number of hydrogen-bond acceptors (Lipinski definition) is 3. The van der Waals surface area contributed by atoms with E-state index in [1.165, 1.54) is 16.0 Å². The van der Waals surface area contributed by atoms with Crippen molar-refractivity contribution in [3.63, 3.8) is 0 Å². The number of aromatic nitrogens is 1. The number of benzene rings is 2. The van der Waals surface area contributed by atoms with Crippen molar-refractivity contribution in [2.24, 2.45) is 0 Å². The number of anilines is 1. The van der Waals surface area contributed by atoms with E-state index in [0.29, 0.717) is 0 Å². The molecule has 4 heteroatoms. The predicted octanol–water partition coefficient (Wildman–Crippen LogP) is 5.35. The minimum Gasteiger partial charge on any atom is -0.398 e. The Kier molecular flexibility index (Phi) is 3.91. The van der Waals surface area contributed by atoms with Gasteiger partial charge < -0.3 is 5.73 Å². The SMILES string of the molecule is Cc1ccc(Sc2ccc(N)c3cc(Br)cnc23)cc1C. The van der Waals surface area contributed by atoms with Gasteiger partial charge in [-0.05, 0) is 71.2 Å². The van der Waals surface area contributed by atoms with Crippen molar-refractivity contribution in [3.8, 4) is 0 Å². The summed E-state index contributed by atoms with van der Waals surface area (Å²) < 4.78 is 0.940. The molecule has 0 fully saturated rings. The number of pyridine rings is 1. The number of rotatable bonds is 2. The van der Waals surface area contributed by atoms with Crippen LogP contribution in [0.15, 0.2) is 56.9 Å². The Morgan fingerprint density at radius 3 is 2.62 bits per heavy atom. The fraction of sp³-hybridized carbons (Fsp3) is 0.118. The van der Waals surface area contributed by atoms with Gasteiger partial charge in [0.25, 0.3) is 0 Å². The van der Waals surface area contributed by atoms with Crippen LogP contribution in [0, 0.1) is 13.8 Å². The number of aryl methyl sites for hydroxylation is 2. The van der Waals surface area contributed by atoms with Crippen LogP contribution in [0.2, 0.25) is 0 Å². The van der Waals surface area contributed by atoms with Crippen LogP contribution in [0.4, 0.5) is 5.69 Å². The minimum absolute atomic E-state index is 0.753. The number of halogens is 1. The molecule has 0 aliphatic rings. The molecule has 3 aromatic rings. The number of nitrogens with two attached hydrogens (primary N) is 1. The molecule has 0 bridgehead atoms. The van der Waals surface area contributed by atoms with Gasteiger partial charge in [-0.15, -0.1) is 0 Å². The second kappa shape index (κ2) is 5.70. The molecule has 0 spiro atoms. The molecule has 21 heavy (non-hydrogen) atoms. The van der Waals surface area contributed by atoms with Crippen molar-refractivity contribution in [2.75, 3.05) is 5.73 Å². The molecule has 0 amide bonds. The number of fused-ring (bicyclic) bond motifs is 1. The van der Waals surface area contributed by atoms with Crippen LogP contribution in [-0.2, 0) is 0 Å². The second-order valence-electron chi connectivity index (χ2n) is 5.05. The molecule has 0 aliphatic heterocycles. The van der Waals surface area contributed by atoms with Crippen LogP contribution in [0.3, 0.4) is 0 Å². The highest BCUT2D eigenvalue weighted by atomic mass is 79.9. The van der Waals surface area contributed by atoms with Crippen LogP contribution in [-0.4, -0.2) is 4.98 Å². The highest BCUT2D eigenvalue weighted by Crippen LogP contribution is 2.36. The zero-order chi connectivity index (χ0) is 15.0. The third-order valence-electron chi connectivity index (χ3n) is 3.52. The van der Waals surface area contributed by atoms with E-state index in [1.54, 1.807) is 11.8 Å². The topological polar surface area (TPSA) is 38.9 Å². The highest BCUT2D eigenvalue weighted by molar-refractivity contribution is 9.10. The Balaban J connectivity index is 2.08. The van der Waals surface area contributed by atoms with E-state index in [0.717, 1.165) is 26.0 Å². The maximum atomic E-state index is 6.06. The number of nitrogen functional groups attached to an aromatic ring is 1. The van der Waals surface area contributed by atoms with Gasteiger partial charge >= 0.3 is 0 Å². The van der Waals surface area contributed by atoms with Gasteiger partial charge in [-0.1, -0.05) is 17.8 Å². The zero-order valence-corrected chi connectivity index (χ0v) is 14.3. The molecule has 2 nitrogen and oxygen atoms in total. The van der Waals surface area contributed by atoms with Crippen LogP contribution < -0.4 is 5.73 Å². The number of nitrogens with zero attached hydrogens (tertiary/aromatic N) is 1. The van der Waals surface area contributed by atoms with E-state index < -0.39 is 0 Å². The second-order valence-corrected chi connectivity index (χ2v) is 7.08. The Labute approximate surface area is 136 Å². The lowest BCUT2D eigenvalue weighted by molar-refractivity contribution is 1.27. The van der Waals surface area contributed by atoms with E-state index in [1.807, 2.05) is 24.4 Å². The lowest BCUT2D eigenvalue weighted by Gasteiger charge is -2.09. The molecular weight excluding hydrogens is 344 g/mol. The van der Waals surface area contributed by atoms with Gasteiger partial charge in [-0.3, -0.25) is 4.98 Å². The Morgan fingerprint density at radius 1 is 1.05 bits per heavy atom. The normalized spacial score (nSPS) is 11.0. The maximum absolute atomic E-state index is 6.06. The molecule has 0 radical (unpaired) electrons. The van der Waals surface area contributed by atoms with Crippen molar-refractivity contribution in [1.82, 2.24) is 4.98 Å². The van der Waals surface area contributed by atoms with E-state index in [-0.39, 0.29) is 0 Å². The fourth-order valence-corrected chi connectivity index (χ4v) is 3.53. The average molecular weight is 359 g/mol. The largest absolute Gasteiger partial charge is 0.398 e. The first kappa shape index (κ1) is 14.4. The maximum Gasteiger partial charge on any atom is 0.0862 e. The summed E-state index contributed by atoms with van der Waals surface area (Å²) in [6.45, 7) is 4.26. The molecule has 106 valence electrons. The third kappa shape index (κ3) is 2.92. The van der Waals surface area contributed by atoms with E-state index in [4.69, 9.17) is 5.73 Å². The summed E-state index contributed by atoms with van der Waals surface area (Å²) in [6, 6.07) is 12.5. The molecule has 0 atom stereocenters. The fourth-order valence-electron chi connectivity index (χ4n) is 2.18. The first-order valence-electron chi connectivity index (χ1n) is 6.63. The van der Waals surface area contributed by atoms with Gasteiger partial charge in [0.2, 0.25) is 0 Å². The molecular formula is C17H15BrN2S. The summed E-state index contributed by atoms with van der Waals surface area (Å²) in [5.74, 6) is 0. The summed E-state index contributed by atoms with van der Waals surface area (Å²) in [7, 11) is 0. The molecule has 0 saturated carbocycles. The van der Waals surface area contributed by atoms with Crippen molar-refractivity contribution >= 4 is 44.3 Å². The first-order chi connectivity index (χ1) is 10.0. The van der Waals surface area contributed by atoms with Gasteiger partial charge in [0.15, 0.2) is 0 Å². The third-order valence-corrected chi connectivity index (χ3v) is 4.99. The van der Waals surface area contributed by atoms with Crippen LogP contribution in [0.25, 0.3) is 10.9 Å². The summed E-state index contributed by atoms with van der Waals surface area (Å²) in [6.07, 6.45) is 1.81. The molecule has 2 N–H and O–H groups in total. The van der Waals surface area contributed by atoms with E-state index in [2.05, 4.69) is 53.0 Å². The standard InChI is InChI=1S/C17H15BrN2S/c1-10-3-4-13(7-11(10)2)21-16-6-5-15(19)14-8-12(18)9-20-17(14)16/h3-9H,19H2,1-2H3. The van der Waals surface area contributed by atoms with E-state index in [9.17, 15) is 0 Å². The van der Waals surface area contributed by atoms with Gasteiger partial charge in [-0.25, -0.2) is 0 Å². The monoisotopic (exact) mass is 358 g/mol. The van der Waals surface area contributed by atoms with Gasteiger partial charge in [0.1, 0.15) is 0 Å². The van der Waals surface area contributed by atoms with Crippen LogP contribution in [0.5, 0.6) is 0 Å². The summed E-state index contributed by atoms with van der Waals surface area (Å²) in [4.78, 5) is 6.87. The van der Waals surface area contributed by atoms with Crippen molar-refractivity contribution in [3.05, 3.63) is 58.2 Å². The molecule has 1 heterocycles. The summed E-state index contributed by atoms with van der Waals surface area (Å²) in [5, 5.41) is 0.984. The lowest BCUT2D eigenvalue weighted by atomic mass is 10.1. The first-order valence-corrected chi connectivity index (χ1v) is 8.24. The molecule has 2 aromatic carbocycles. The number of hydrogen-bond donors (Lipinski definition) is 1. The molecule has 0 unspecified atom stereocenters. The van der Waals surface area contributed by atoms with Gasteiger partial charge in [-0.2, -0.15) is 0 Å². The van der Waals surface area contributed by atoms with Crippen LogP contribution in [0.1, 0.15) is 11.1 Å². The quantitative estimate of drug-likeness (QED) is 0.627. The van der Waals surface area contributed by atoms with Crippen molar-refractivity contribution in [1.29, 1.82) is 0 Å². The van der Waals surface area contributed by atoms with E-state index >= 15 is 0 Å². The van der Waals surface area contributed by atoms with Gasteiger partial charge in [0, 0.05) is 31.5 Å². The smallest absolute Gasteiger partial charge is 0.0862 e. The summed E-state index contributed by atoms with van der Waals surface area (Å²) >= 11 is 5.17. The lowest BCUT2D eigenvalue weighted by Crippen LogP contribution is -1.91. The highest BCUT2D eigenvalue weighted by Gasteiger charge is 2.08. The summed E-state index contributed by atoms with van der Waals surface area (Å²) in [5.41, 5.74) is 10.4. The molecule has 0 saturated heterocycles. The molecule has 0 aliphatic carbocycles. The van der Waals surface area contributed by atoms with Gasteiger partial charge in [0.05, 0.1) is 5.52 Å². The Morgan fingerprint density at radius 2 is 1.86 bits per heavy atom. The Bertz CT molecular complexity index is 830. The predicted molar refractivity (Wildman–Crippen MR) is 93.9 cm³/mol. The van der Waals surface area contributed by atoms with Crippen LogP contribution >= 0.6 is 27.7 Å². The minimum atomic E-state index is 0.753. The molecule has 3 rings (SSSR count). The Hall–Kier alpha value is -1.52.